The van der Waals surface area contributed by atoms with Crippen LogP contribution in [0, 0.1) is 34.6 Å². The average Bonchev–Trinajstić information content (AvgIpc) is 3.80. The fourth-order valence-electron chi connectivity index (χ4n) is 8.99. The van der Waals surface area contributed by atoms with E-state index >= 15 is 0 Å². The normalized spacial score (nSPS) is 11.8. The van der Waals surface area contributed by atoms with Crippen LogP contribution in [0.15, 0.2) is 173 Å². The molecule has 0 N–H and O–H groups in total. The third-order valence-corrected chi connectivity index (χ3v) is 12.1. The molecule has 0 amide bonds. The highest BCUT2D eigenvalue weighted by Crippen LogP contribution is 2.44. The molecule has 0 aliphatic heterocycles. The van der Waals surface area contributed by atoms with Crippen molar-refractivity contribution in [2.75, 3.05) is 9.80 Å². The van der Waals surface area contributed by atoms with Gasteiger partial charge in [0.05, 0.1) is 0 Å². The molecule has 2 aromatic heterocycles. The van der Waals surface area contributed by atoms with E-state index in [1.54, 1.807) is 0 Å². The molecule has 0 atom stereocenters. The summed E-state index contributed by atoms with van der Waals surface area (Å²) in [7, 11) is 0. The minimum absolute atomic E-state index is 0.863. The second kappa shape index (κ2) is 13.4. The molecule has 4 nitrogen and oxygen atoms in total. The smallest absolute Gasteiger partial charge is 0.142 e. The molecule has 0 unspecified atom stereocenters. The first-order valence-electron chi connectivity index (χ1n) is 20.3. The van der Waals surface area contributed by atoms with Crippen LogP contribution < -0.4 is 9.80 Å². The number of anilines is 6. The van der Waals surface area contributed by atoms with Gasteiger partial charge in [0.1, 0.15) is 22.3 Å². The van der Waals surface area contributed by atoms with Crippen molar-refractivity contribution in [2.24, 2.45) is 0 Å². The van der Waals surface area contributed by atoms with Gasteiger partial charge in [-0.3, -0.25) is 0 Å². The lowest BCUT2D eigenvalue weighted by atomic mass is 10.0. The summed E-state index contributed by atoms with van der Waals surface area (Å²) in [6.07, 6.45) is 0. The number of hydrogen-bond acceptors (Lipinski definition) is 4. The van der Waals surface area contributed by atoms with Crippen molar-refractivity contribution < 1.29 is 8.83 Å². The third-order valence-electron chi connectivity index (χ3n) is 12.1. The highest BCUT2D eigenvalue weighted by molar-refractivity contribution is 6.20. The van der Waals surface area contributed by atoms with Crippen LogP contribution in [0.5, 0.6) is 0 Å². The second-order valence-corrected chi connectivity index (χ2v) is 16.1. The van der Waals surface area contributed by atoms with Crippen LogP contribution >= 0.6 is 0 Å². The minimum atomic E-state index is 0.863. The van der Waals surface area contributed by atoms with Crippen LogP contribution in [0.2, 0.25) is 0 Å². The number of aryl methyl sites for hydroxylation is 5. The first-order valence-corrected chi connectivity index (χ1v) is 20.3. The Bertz CT molecular complexity index is 3220. The van der Waals surface area contributed by atoms with Crippen molar-refractivity contribution >= 4 is 99.5 Å². The molecule has 11 rings (SSSR count). The van der Waals surface area contributed by atoms with Gasteiger partial charge >= 0.3 is 0 Å². The zero-order chi connectivity index (χ0) is 39.9. The van der Waals surface area contributed by atoms with E-state index in [9.17, 15) is 0 Å². The first-order chi connectivity index (χ1) is 28.8. The van der Waals surface area contributed by atoms with Crippen LogP contribution in [0.25, 0.3) is 65.4 Å². The van der Waals surface area contributed by atoms with E-state index in [1.807, 2.05) is 0 Å². The molecule has 0 bridgehead atoms. The monoisotopic (exact) mass is 762 g/mol. The number of nitrogens with zero attached hydrogens (tertiary/aromatic N) is 2. The zero-order valence-corrected chi connectivity index (χ0v) is 33.8. The van der Waals surface area contributed by atoms with Crippen LogP contribution in [0.3, 0.4) is 0 Å². The van der Waals surface area contributed by atoms with Gasteiger partial charge in [-0.2, -0.15) is 0 Å². The molecular formula is C55H42N2O2. The molecule has 0 fully saturated rings. The van der Waals surface area contributed by atoms with Gasteiger partial charge in [0, 0.05) is 61.2 Å². The predicted octanol–water partition coefficient (Wildman–Crippen LogP) is 16.3. The summed E-state index contributed by atoms with van der Waals surface area (Å²) in [5.41, 5.74) is 16.2. The van der Waals surface area contributed by atoms with E-state index in [-0.39, 0.29) is 0 Å². The maximum Gasteiger partial charge on any atom is 0.142 e. The molecule has 284 valence electrons. The Morgan fingerprint density at radius 1 is 0.339 bits per heavy atom. The highest BCUT2D eigenvalue weighted by Gasteiger charge is 2.21. The van der Waals surface area contributed by atoms with Gasteiger partial charge in [-0.15, -0.1) is 0 Å². The Morgan fingerprint density at radius 2 is 0.780 bits per heavy atom. The molecule has 4 heteroatoms. The molecule has 9 aromatic carbocycles. The number of para-hydroxylation sites is 2. The van der Waals surface area contributed by atoms with Crippen LogP contribution in [0.1, 0.15) is 27.8 Å². The Balaban J connectivity index is 1.03. The van der Waals surface area contributed by atoms with Crippen molar-refractivity contribution in [3.05, 3.63) is 192 Å². The van der Waals surface area contributed by atoms with E-state index in [4.69, 9.17) is 8.83 Å². The lowest BCUT2D eigenvalue weighted by Crippen LogP contribution is -2.11. The van der Waals surface area contributed by atoms with E-state index in [0.717, 1.165) is 83.0 Å². The average molecular weight is 763 g/mol. The van der Waals surface area contributed by atoms with Gasteiger partial charge in [-0.25, -0.2) is 0 Å². The first kappa shape index (κ1) is 34.9. The van der Waals surface area contributed by atoms with Gasteiger partial charge < -0.3 is 18.6 Å². The van der Waals surface area contributed by atoms with Crippen LogP contribution in [-0.2, 0) is 0 Å². The largest absolute Gasteiger partial charge is 0.456 e. The number of benzene rings is 9. The van der Waals surface area contributed by atoms with E-state index < -0.39 is 0 Å². The zero-order valence-electron chi connectivity index (χ0n) is 33.8. The summed E-state index contributed by atoms with van der Waals surface area (Å²) in [6.45, 7) is 10.8. The Hall–Kier alpha value is -7.30. The number of rotatable bonds is 6. The lowest BCUT2D eigenvalue weighted by molar-refractivity contribution is 0.651. The Labute approximate surface area is 343 Å². The second-order valence-electron chi connectivity index (χ2n) is 16.1. The maximum atomic E-state index is 6.74. The molecule has 0 radical (unpaired) electrons. The molecule has 0 aliphatic rings. The third kappa shape index (κ3) is 5.74. The Morgan fingerprint density at radius 3 is 1.22 bits per heavy atom. The van der Waals surface area contributed by atoms with Gasteiger partial charge in [0.25, 0.3) is 0 Å². The summed E-state index contributed by atoms with van der Waals surface area (Å²) < 4.78 is 13.5. The van der Waals surface area contributed by atoms with Gasteiger partial charge in [-0.1, -0.05) is 72.8 Å². The van der Waals surface area contributed by atoms with Crippen molar-refractivity contribution in [1.29, 1.82) is 0 Å². The lowest BCUT2D eigenvalue weighted by Gasteiger charge is -2.27. The van der Waals surface area contributed by atoms with E-state index in [1.165, 1.54) is 44.4 Å². The molecule has 0 saturated heterocycles. The fourth-order valence-corrected chi connectivity index (χ4v) is 8.99. The fraction of sp³-hybridized carbons (Fsp3) is 0.0909. The molecule has 11 aromatic rings. The van der Waals surface area contributed by atoms with Gasteiger partial charge in [-0.05, 0) is 169 Å². The summed E-state index contributed by atoms with van der Waals surface area (Å²) in [6, 6.07) is 59.2. The molecule has 2 heterocycles. The number of hydrogen-bond donors (Lipinski definition) is 0. The van der Waals surface area contributed by atoms with Crippen LogP contribution in [0.4, 0.5) is 34.1 Å². The highest BCUT2D eigenvalue weighted by atomic mass is 16.3. The summed E-state index contributed by atoms with van der Waals surface area (Å²) in [4.78, 5) is 4.70. The molecular weight excluding hydrogens is 721 g/mol. The summed E-state index contributed by atoms with van der Waals surface area (Å²) in [5.74, 6) is 0. The maximum absolute atomic E-state index is 6.74. The van der Waals surface area contributed by atoms with Gasteiger partial charge in [0.2, 0.25) is 0 Å². The number of fused-ring (bicyclic) bond motifs is 8. The SMILES string of the molecule is Cc1ccc(C)c(N(c2ccccc2)c2ccc3cc4c(cc3c2)oc2c(C)c3oc5cc6cc(N(c7ccccc7)c7cc(C)ccc7C)ccc6cc5c3cc24)c1. The van der Waals surface area contributed by atoms with Crippen molar-refractivity contribution in [1.82, 2.24) is 0 Å². The topological polar surface area (TPSA) is 32.8 Å². The molecule has 0 aliphatic carbocycles. The van der Waals surface area contributed by atoms with Gasteiger partial charge in [0.15, 0.2) is 0 Å². The quantitative estimate of drug-likeness (QED) is 0.169. The standard InChI is InChI=1S/C55H42N2O2/c1-33-16-18-35(3)50(24-33)56(42-12-8-6-9-13-42)44-22-20-38-28-46-48-32-49-47-29-39-21-23-45(57(43-14-10-7-11-15-43)51-25-34(2)17-19-36(51)4)27-41(39)31-53(47)59-55(49)37(5)54(48)58-52(46)30-40(38)26-44/h6-32H,1-5H3. The van der Waals surface area contributed by atoms with Crippen LogP contribution in [-0.4, -0.2) is 0 Å². The van der Waals surface area contributed by atoms with Crippen molar-refractivity contribution in [3.63, 3.8) is 0 Å². The molecule has 59 heavy (non-hydrogen) atoms. The molecule has 0 spiro atoms. The minimum Gasteiger partial charge on any atom is -0.456 e. The Kier molecular flexibility index (Phi) is 7.92. The number of furan rings is 2. The molecule has 0 saturated carbocycles. The summed E-state index contributed by atoms with van der Waals surface area (Å²) in [5, 5.41) is 8.99. The van der Waals surface area contributed by atoms with Crippen molar-refractivity contribution in [3.8, 4) is 0 Å². The predicted molar refractivity (Wildman–Crippen MR) is 249 cm³/mol. The summed E-state index contributed by atoms with van der Waals surface area (Å²) >= 11 is 0. The van der Waals surface area contributed by atoms with E-state index in [2.05, 4.69) is 208 Å². The van der Waals surface area contributed by atoms with Crippen molar-refractivity contribution in [2.45, 2.75) is 34.6 Å². The van der Waals surface area contributed by atoms with E-state index in [0.29, 0.717) is 0 Å².